The van der Waals surface area contributed by atoms with Crippen molar-refractivity contribution >= 4 is 48.8 Å². The highest BCUT2D eigenvalue weighted by molar-refractivity contribution is 15.0. The number of hydrogen-bond acceptors (Lipinski definition) is 1. The van der Waals surface area contributed by atoms with E-state index in [9.17, 15) is 4.79 Å². The standard InChI is InChI=1S/C14H19NO.I2/c1-9(2)12(5)14(16)15-13-7-6-10(3)11(4)8-13;1-2/h6-8H,1-5H3,(H,15,16);. The number of allylic oxidation sites excluding steroid dienone is 1. The highest BCUT2D eigenvalue weighted by atomic mass is 128. The van der Waals surface area contributed by atoms with Gasteiger partial charge in [-0.2, -0.15) is 0 Å². The molecule has 1 amide bonds. The van der Waals surface area contributed by atoms with Crippen LogP contribution in [0.3, 0.4) is 0 Å². The van der Waals surface area contributed by atoms with Crippen molar-refractivity contribution in [3.63, 3.8) is 0 Å². The summed E-state index contributed by atoms with van der Waals surface area (Å²) in [6, 6.07) is 5.94. The summed E-state index contributed by atoms with van der Waals surface area (Å²) in [6.45, 7) is 9.82. The Hall–Kier alpha value is -0.110. The Morgan fingerprint density at radius 2 is 1.61 bits per heavy atom. The third-order valence-electron chi connectivity index (χ3n) is 2.86. The molecule has 18 heavy (non-hydrogen) atoms. The molecule has 4 heteroatoms. The number of benzene rings is 1. The Morgan fingerprint density at radius 3 is 2.06 bits per heavy atom. The Morgan fingerprint density at radius 1 is 1.06 bits per heavy atom. The number of carbonyl (C=O) groups excluding carboxylic acids is 1. The number of hydrogen-bond donors (Lipinski definition) is 1. The van der Waals surface area contributed by atoms with Gasteiger partial charge in [-0.25, -0.2) is 0 Å². The van der Waals surface area contributed by atoms with Crippen molar-refractivity contribution in [2.24, 2.45) is 0 Å². The van der Waals surface area contributed by atoms with E-state index in [2.05, 4.69) is 49.5 Å². The molecular formula is C14H19I2NO. The third-order valence-corrected chi connectivity index (χ3v) is 2.86. The van der Waals surface area contributed by atoms with Gasteiger partial charge in [0.15, 0.2) is 0 Å². The maximum Gasteiger partial charge on any atom is 0.251 e. The fraction of sp³-hybridized carbons (Fsp3) is 0.357. The quantitative estimate of drug-likeness (QED) is 0.457. The molecule has 1 aromatic carbocycles. The molecule has 0 heterocycles. The maximum atomic E-state index is 11.8. The lowest BCUT2D eigenvalue weighted by molar-refractivity contribution is -0.112. The molecule has 0 aliphatic heterocycles. The van der Waals surface area contributed by atoms with Crippen molar-refractivity contribution in [1.29, 1.82) is 0 Å². The van der Waals surface area contributed by atoms with Crippen LogP contribution in [0.4, 0.5) is 5.69 Å². The van der Waals surface area contributed by atoms with Gasteiger partial charge in [0.05, 0.1) is 0 Å². The van der Waals surface area contributed by atoms with Crippen molar-refractivity contribution in [3.05, 3.63) is 40.5 Å². The second-order valence-electron chi connectivity index (χ2n) is 4.38. The van der Waals surface area contributed by atoms with Gasteiger partial charge >= 0.3 is 0 Å². The molecule has 0 spiro atoms. The first-order valence-electron chi connectivity index (χ1n) is 5.59. The number of carbonyl (C=O) groups is 1. The number of amides is 1. The van der Waals surface area contributed by atoms with E-state index in [0.29, 0.717) is 0 Å². The van der Waals surface area contributed by atoms with Crippen molar-refractivity contribution < 1.29 is 4.79 Å². The van der Waals surface area contributed by atoms with E-state index in [-0.39, 0.29) is 5.91 Å². The maximum absolute atomic E-state index is 11.8. The Labute approximate surface area is 133 Å². The van der Waals surface area contributed by atoms with Crippen LogP contribution in [-0.4, -0.2) is 5.91 Å². The highest BCUT2D eigenvalue weighted by Crippen LogP contribution is 2.15. The fourth-order valence-electron chi connectivity index (χ4n) is 1.27. The summed E-state index contributed by atoms with van der Waals surface area (Å²) >= 11 is 4.24. The van der Waals surface area contributed by atoms with E-state index in [1.165, 1.54) is 11.1 Å². The van der Waals surface area contributed by atoms with Crippen molar-refractivity contribution in [1.82, 2.24) is 0 Å². The third kappa shape index (κ3) is 5.69. The number of rotatable bonds is 2. The summed E-state index contributed by atoms with van der Waals surface area (Å²) in [7, 11) is 0. The summed E-state index contributed by atoms with van der Waals surface area (Å²) in [4.78, 5) is 11.8. The predicted molar refractivity (Wildman–Crippen MR) is 96.6 cm³/mol. The monoisotopic (exact) mass is 471 g/mol. The molecule has 1 aromatic rings. The molecule has 0 aliphatic carbocycles. The van der Waals surface area contributed by atoms with Gasteiger partial charge < -0.3 is 5.32 Å². The largest absolute Gasteiger partial charge is 0.322 e. The van der Waals surface area contributed by atoms with Crippen LogP contribution in [0.25, 0.3) is 0 Å². The minimum absolute atomic E-state index is 0.0248. The van der Waals surface area contributed by atoms with E-state index < -0.39 is 0 Å². The second-order valence-corrected chi connectivity index (χ2v) is 4.38. The zero-order chi connectivity index (χ0) is 14.3. The molecule has 0 aromatic heterocycles. The lowest BCUT2D eigenvalue weighted by atomic mass is 10.1. The minimum Gasteiger partial charge on any atom is -0.322 e. The molecule has 0 unspecified atom stereocenters. The molecule has 0 fully saturated rings. The number of nitrogens with one attached hydrogen (secondary N) is 1. The summed E-state index contributed by atoms with van der Waals surface area (Å²) in [5, 5.41) is 2.89. The first kappa shape index (κ1) is 17.9. The van der Waals surface area contributed by atoms with E-state index >= 15 is 0 Å². The summed E-state index contributed by atoms with van der Waals surface area (Å²) < 4.78 is 0. The SMILES string of the molecule is CC(C)=C(C)C(=O)Nc1ccc(C)c(C)c1.II. The molecular weight excluding hydrogens is 452 g/mol. The van der Waals surface area contributed by atoms with Gasteiger partial charge in [-0.3, -0.25) is 4.79 Å². The van der Waals surface area contributed by atoms with Gasteiger partial charge in [-0.05, 0) is 57.9 Å². The number of halogens is 2. The van der Waals surface area contributed by atoms with Crippen molar-refractivity contribution in [2.45, 2.75) is 34.6 Å². The van der Waals surface area contributed by atoms with Crippen molar-refractivity contribution in [3.8, 4) is 0 Å². The van der Waals surface area contributed by atoms with E-state index in [1.54, 1.807) is 0 Å². The number of anilines is 1. The van der Waals surface area contributed by atoms with Crippen LogP contribution < -0.4 is 5.32 Å². The van der Waals surface area contributed by atoms with Gasteiger partial charge in [0, 0.05) is 48.5 Å². The van der Waals surface area contributed by atoms with Gasteiger partial charge in [-0.1, -0.05) is 11.6 Å². The van der Waals surface area contributed by atoms with Gasteiger partial charge in [0.2, 0.25) is 0 Å². The molecule has 0 saturated carbocycles. The van der Waals surface area contributed by atoms with E-state index in [1.807, 2.05) is 45.9 Å². The lowest BCUT2D eigenvalue weighted by Crippen LogP contribution is -2.13. The van der Waals surface area contributed by atoms with Crippen LogP contribution in [0.5, 0.6) is 0 Å². The van der Waals surface area contributed by atoms with Crippen molar-refractivity contribution in [2.75, 3.05) is 5.32 Å². The molecule has 0 saturated heterocycles. The van der Waals surface area contributed by atoms with Crippen LogP contribution in [-0.2, 0) is 4.79 Å². The summed E-state index contributed by atoms with van der Waals surface area (Å²) in [5.41, 5.74) is 5.10. The Bertz CT molecular complexity index is 449. The topological polar surface area (TPSA) is 29.1 Å². The molecule has 0 aliphatic rings. The zero-order valence-corrected chi connectivity index (χ0v) is 15.7. The smallest absolute Gasteiger partial charge is 0.251 e. The lowest BCUT2D eigenvalue weighted by Gasteiger charge is -2.08. The Kier molecular flexibility index (Phi) is 8.85. The molecule has 100 valence electrons. The van der Waals surface area contributed by atoms with Gasteiger partial charge in [0.25, 0.3) is 5.91 Å². The fourth-order valence-corrected chi connectivity index (χ4v) is 1.27. The van der Waals surface area contributed by atoms with E-state index in [4.69, 9.17) is 0 Å². The van der Waals surface area contributed by atoms with E-state index in [0.717, 1.165) is 16.8 Å². The molecule has 1 rings (SSSR count). The molecule has 0 bridgehead atoms. The van der Waals surface area contributed by atoms with Crippen LogP contribution in [0, 0.1) is 13.8 Å². The molecule has 0 radical (unpaired) electrons. The van der Waals surface area contributed by atoms with Crippen LogP contribution in [0.15, 0.2) is 29.3 Å². The predicted octanol–water partition coefficient (Wildman–Crippen LogP) is 5.37. The highest BCUT2D eigenvalue weighted by Gasteiger charge is 2.06. The molecule has 2 nitrogen and oxygen atoms in total. The first-order chi connectivity index (χ1) is 8.41. The first-order valence-corrected chi connectivity index (χ1v) is 11.9. The average Bonchev–Trinajstić information content (AvgIpc) is 2.35. The van der Waals surface area contributed by atoms with Gasteiger partial charge in [0.1, 0.15) is 0 Å². The second kappa shape index (κ2) is 8.90. The van der Waals surface area contributed by atoms with Gasteiger partial charge in [-0.15, -0.1) is 0 Å². The van der Waals surface area contributed by atoms with Crippen LogP contribution in [0.1, 0.15) is 31.9 Å². The number of aryl methyl sites for hydroxylation is 2. The average molecular weight is 471 g/mol. The molecule has 0 atom stereocenters. The summed E-state index contributed by atoms with van der Waals surface area (Å²) in [5.74, 6) is -0.0248. The van der Waals surface area contributed by atoms with Crippen LogP contribution in [0.2, 0.25) is 0 Å². The minimum atomic E-state index is -0.0248. The Balaban J connectivity index is 0.00000137. The summed E-state index contributed by atoms with van der Waals surface area (Å²) in [6.07, 6.45) is 0. The zero-order valence-electron chi connectivity index (χ0n) is 11.4. The van der Waals surface area contributed by atoms with Crippen LogP contribution >= 0.6 is 37.2 Å². The molecule has 1 N–H and O–H groups in total. The normalized spacial score (nSPS) is 9.06.